The van der Waals surface area contributed by atoms with Crippen LogP contribution in [0.4, 0.5) is 5.69 Å². The minimum absolute atomic E-state index is 0.000929. The van der Waals surface area contributed by atoms with E-state index in [1.165, 1.54) is 0 Å². The van der Waals surface area contributed by atoms with E-state index in [4.69, 9.17) is 10.00 Å². The summed E-state index contributed by atoms with van der Waals surface area (Å²) in [5.74, 6) is 0.649. The van der Waals surface area contributed by atoms with Crippen LogP contribution in [0.15, 0.2) is 18.2 Å². The number of rotatable bonds is 3. The molecule has 0 radical (unpaired) electrons. The topological polar surface area (TPSA) is 62.1 Å². The van der Waals surface area contributed by atoms with E-state index in [1.54, 1.807) is 7.11 Å². The van der Waals surface area contributed by atoms with Crippen LogP contribution in [0.1, 0.15) is 18.4 Å². The van der Waals surface area contributed by atoms with Crippen LogP contribution in [0, 0.1) is 17.2 Å². The third kappa shape index (κ3) is 2.39. The number of methoxy groups -OCH3 is 1. The second-order valence-electron chi connectivity index (χ2n) is 4.11. The maximum Gasteiger partial charge on any atom is 0.227 e. The molecule has 1 aromatic carbocycles. The summed E-state index contributed by atoms with van der Waals surface area (Å²) in [5, 5.41) is 11.4. The van der Waals surface area contributed by atoms with Crippen molar-refractivity contribution in [2.75, 3.05) is 12.4 Å². The number of anilines is 1. The average Bonchev–Trinajstić information content (AvgIpc) is 2.35. The van der Waals surface area contributed by atoms with Crippen LogP contribution in [0.3, 0.4) is 0 Å². The SMILES string of the molecule is COc1ccc2c(c1)NC(=O)C(CCC#N)C2. The number of amides is 1. The van der Waals surface area contributed by atoms with Gasteiger partial charge in [-0.2, -0.15) is 5.26 Å². The van der Waals surface area contributed by atoms with Crippen molar-refractivity contribution in [2.24, 2.45) is 5.92 Å². The maximum atomic E-state index is 11.8. The van der Waals surface area contributed by atoms with Gasteiger partial charge in [-0.15, -0.1) is 0 Å². The second-order valence-corrected chi connectivity index (χ2v) is 4.11. The van der Waals surface area contributed by atoms with Gasteiger partial charge in [-0.25, -0.2) is 0 Å². The Balaban J connectivity index is 2.18. The molecule has 4 nitrogen and oxygen atoms in total. The fraction of sp³-hybridized carbons (Fsp3) is 0.385. The number of nitrogens with zero attached hydrogens (tertiary/aromatic N) is 1. The normalized spacial score (nSPS) is 17.9. The first-order valence-corrected chi connectivity index (χ1v) is 5.59. The lowest BCUT2D eigenvalue weighted by Gasteiger charge is -2.24. The standard InChI is InChI=1S/C13H14N2O2/c1-17-11-5-4-9-7-10(3-2-6-14)13(16)15-12(9)8-11/h4-5,8,10H,2-3,7H2,1H3,(H,15,16). The highest BCUT2D eigenvalue weighted by atomic mass is 16.5. The molecule has 0 bridgehead atoms. The second kappa shape index (κ2) is 4.88. The van der Waals surface area contributed by atoms with E-state index in [1.807, 2.05) is 18.2 Å². The Labute approximate surface area is 100 Å². The minimum atomic E-state index is -0.0875. The Kier molecular flexibility index (Phi) is 3.29. The molecule has 0 fully saturated rings. The van der Waals surface area contributed by atoms with Gasteiger partial charge in [-0.05, 0) is 24.5 Å². The number of hydrogen-bond donors (Lipinski definition) is 1. The molecule has 17 heavy (non-hydrogen) atoms. The van der Waals surface area contributed by atoms with Gasteiger partial charge in [0.05, 0.1) is 13.2 Å². The van der Waals surface area contributed by atoms with Crippen molar-refractivity contribution in [3.8, 4) is 11.8 Å². The van der Waals surface area contributed by atoms with Crippen LogP contribution in [-0.2, 0) is 11.2 Å². The van der Waals surface area contributed by atoms with Gasteiger partial charge >= 0.3 is 0 Å². The van der Waals surface area contributed by atoms with E-state index in [-0.39, 0.29) is 11.8 Å². The summed E-state index contributed by atoms with van der Waals surface area (Å²) in [6.07, 6.45) is 1.74. The first kappa shape index (κ1) is 11.5. The van der Waals surface area contributed by atoms with Gasteiger partial charge in [0.15, 0.2) is 0 Å². The van der Waals surface area contributed by atoms with Gasteiger partial charge in [-0.1, -0.05) is 6.07 Å². The van der Waals surface area contributed by atoms with E-state index in [0.29, 0.717) is 19.3 Å². The average molecular weight is 230 g/mol. The summed E-state index contributed by atoms with van der Waals surface area (Å²) >= 11 is 0. The monoisotopic (exact) mass is 230 g/mol. The molecule has 1 aliphatic heterocycles. The molecule has 0 saturated heterocycles. The zero-order valence-electron chi connectivity index (χ0n) is 9.69. The highest BCUT2D eigenvalue weighted by Gasteiger charge is 2.25. The number of ether oxygens (including phenoxy) is 1. The molecule has 0 aromatic heterocycles. The van der Waals surface area contributed by atoms with E-state index < -0.39 is 0 Å². The molecule has 0 saturated carbocycles. The zero-order chi connectivity index (χ0) is 12.3. The number of carbonyl (C=O) groups excluding carboxylic acids is 1. The van der Waals surface area contributed by atoms with Crippen LogP contribution in [0.25, 0.3) is 0 Å². The summed E-state index contributed by atoms with van der Waals surface area (Å²) in [7, 11) is 1.60. The van der Waals surface area contributed by atoms with Gasteiger partial charge in [0.25, 0.3) is 0 Å². The summed E-state index contributed by atoms with van der Waals surface area (Å²) < 4.78 is 5.11. The molecule has 1 N–H and O–H groups in total. The van der Waals surface area contributed by atoms with Crippen molar-refractivity contribution >= 4 is 11.6 Å². The number of benzene rings is 1. The Morgan fingerprint density at radius 1 is 1.59 bits per heavy atom. The van der Waals surface area contributed by atoms with Gasteiger partial charge in [0.2, 0.25) is 5.91 Å². The number of hydrogen-bond acceptors (Lipinski definition) is 3. The lowest BCUT2D eigenvalue weighted by atomic mass is 9.90. The maximum absolute atomic E-state index is 11.8. The van der Waals surface area contributed by atoms with Crippen molar-refractivity contribution in [1.29, 1.82) is 5.26 Å². The molecule has 1 aliphatic rings. The summed E-state index contributed by atoms with van der Waals surface area (Å²) in [5.41, 5.74) is 1.93. The molecule has 4 heteroatoms. The van der Waals surface area contributed by atoms with Gasteiger partial charge in [0.1, 0.15) is 5.75 Å². The third-order valence-corrected chi connectivity index (χ3v) is 3.02. The Bertz CT molecular complexity index is 477. The number of carbonyl (C=O) groups is 1. The fourth-order valence-corrected chi connectivity index (χ4v) is 2.04. The van der Waals surface area contributed by atoms with Crippen molar-refractivity contribution in [1.82, 2.24) is 0 Å². The van der Waals surface area contributed by atoms with Crippen LogP contribution >= 0.6 is 0 Å². The molecule has 2 rings (SSSR count). The minimum Gasteiger partial charge on any atom is -0.497 e. The zero-order valence-corrected chi connectivity index (χ0v) is 9.69. The molecule has 1 atom stereocenters. The molecule has 1 aromatic rings. The van der Waals surface area contributed by atoms with Crippen molar-refractivity contribution in [3.05, 3.63) is 23.8 Å². The fourth-order valence-electron chi connectivity index (χ4n) is 2.04. The first-order valence-electron chi connectivity index (χ1n) is 5.59. The molecule has 1 unspecified atom stereocenters. The van der Waals surface area contributed by atoms with Gasteiger partial charge in [0, 0.05) is 24.1 Å². The highest BCUT2D eigenvalue weighted by molar-refractivity contribution is 5.95. The Hall–Kier alpha value is -2.02. The number of nitrogens with one attached hydrogen (secondary N) is 1. The molecule has 88 valence electrons. The quantitative estimate of drug-likeness (QED) is 0.865. The van der Waals surface area contributed by atoms with Crippen molar-refractivity contribution < 1.29 is 9.53 Å². The Morgan fingerprint density at radius 2 is 2.41 bits per heavy atom. The van der Waals surface area contributed by atoms with Crippen LogP contribution in [-0.4, -0.2) is 13.0 Å². The molecule has 0 spiro atoms. The summed E-state index contributed by atoms with van der Waals surface area (Å²) in [6, 6.07) is 7.76. The van der Waals surface area contributed by atoms with Crippen LogP contribution in [0.2, 0.25) is 0 Å². The lowest BCUT2D eigenvalue weighted by Crippen LogP contribution is -2.29. The molecule has 1 heterocycles. The van der Waals surface area contributed by atoms with Crippen molar-refractivity contribution in [3.63, 3.8) is 0 Å². The van der Waals surface area contributed by atoms with Gasteiger partial charge in [-0.3, -0.25) is 4.79 Å². The summed E-state index contributed by atoms with van der Waals surface area (Å²) in [6.45, 7) is 0. The van der Waals surface area contributed by atoms with E-state index in [2.05, 4.69) is 11.4 Å². The predicted molar refractivity (Wildman–Crippen MR) is 63.7 cm³/mol. The molecule has 0 aliphatic carbocycles. The smallest absolute Gasteiger partial charge is 0.227 e. The van der Waals surface area contributed by atoms with Gasteiger partial charge < -0.3 is 10.1 Å². The first-order chi connectivity index (χ1) is 8.24. The van der Waals surface area contributed by atoms with E-state index in [0.717, 1.165) is 17.0 Å². The third-order valence-electron chi connectivity index (χ3n) is 3.02. The van der Waals surface area contributed by atoms with Crippen LogP contribution < -0.4 is 10.1 Å². The molecular weight excluding hydrogens is 216 g/mol. The number of nitriles is 1. The molecule has 1 amide bonds. The lowest BCUT2D eigenvalue weighted by molar-refractivity contribution is -0.120. The van der Waals surface area contributed by atoms with E-state index in [9.17, 15) is 4.79 Å². The molecular formula is C13H14N2O2. The summed E-state index contributed by atoms with van der Waals surface area (Å²) in [4.78, 5) is 11.8. The van der Waals surface area contributed by atoms with Crippen LogP contribution in [0.5, 0.6) is 5.75 Å². The van der Waals surface area contributed by atoms with E-state index >= 15 is 0 Å². The largest absolute Gasteiger partial charge is 0.497 e. The predicted octanol–water partition coefficient (Wildman–Crippen LogP) is 2.11. The highest BCUT2D eigenvalue weighted by Crippen LogP contribution is 2.30. The number of fused-ring (bicyclic) bond motifs is 1. The Morgan fingerprint density at radius 3 is 3.12 bits per heavy atom. The van der Waals surface area contributed by atoms with Crippen molar-refractivity contribution in [2.45, 2.75) is 19.3 Å².